The van der Waals surface area contributed by atoms with Crippen molar-refractivity contribution in [1.82, 2.24) is 4.90 Å². The average Bonchev–Trinajstić information content (AvgIpc) is 2.73. The van der Waals surface area contributed by atoms with Gasteiger partial charge >= 0.3 is 11.9 Å². The van der Waals surface area contributed by atoms with Crippen molar-refractivity contribution in [1.29, 1.82) is 0 Å². The number of rotatable bonds is 7. The van der Waals surface area contributed by atoms with Gasteiger partial charge in [0.15, 0.2) is 0 Å². The summed E-state index contributed by atoms with van der Waals surface area (Å²) in [6.07, 6.45) is 4.46. The number of carbonyl (C=O) groups is 2. The first kappa shape index (κ1) is 28.1. The highest BCUT2D eigenvalue weighted by molar-refractivity contribution is 5.83. The molecule has 7 nitrogen and oxygen atoms in total. The van der Waals surface area contributed by atoms with E-state index < -0.39 is 12.2 Å². The van der Waals surface area contributed by atoms with E-state index in [0.29, 0.717) is 25.5 Å². The van der Waals surface area contributed by atoms with Crippen LogP contribution < -0.4 is 0 Å². The molecule has 0 saturated heterocycles. The smallest absolute Gasteiger partial charge is 0.330 e. The maximum Gasteiger partial charge on any atom is 0.330 e. The zero-order valence-corrected chi connectivity index (χ0v) is 22.8. The lowest BCUT2D eigenvalue weighted by atomic mass is 9.42. The summed E-state index contributed by atoms with van der Waals surface area (Å²) in [5.74, 6) is 0.153. The van der Waals surface area contributed by atoms with Gasteiger partial charge in [-0.15, -0.1) is 0 Å². The Bertz CT molecular complexity index is 805. The van der Waals surface area contributed by atoms with Gasteiger partial charge < -0.3 is 24.6 Å². The molecule has 35 heavy (non-hydrogen) atoms. The molecule has 0 heterocycles. The second-order valence-electron chi connectivity index (χ2n) is 12.5. The summed E-state index contributed by atoms with van der Waals surface area (Å²) in [4.78, 5) is 26.7. The summed E-state index contributed by atoms with van der Waals surface area (Å²) in [6, 6.07) is 0. The lowest BCUT2D eigenvalue weighted by Gasteiger charge is -2.64. The van der Waals surface area contributed by atoms with E-state index in [2.05, 4.69) is 27.7 Å². The van der Waals surface area contributed by atoms with Gasteiger partial charge in [-0.3, -0.25) is 4.79 Å². The van der Waals surface area contributed by atoms with Crippen molar-refractivity contribution >= 4 is 11.9 Å². The average molecular weight is 494 g/mol. The number of ether oxygens (including phenoxy) is 2. The van der Waals surface area contributed by atoms with Crippen LogP contribution in [0.5, 0.6) is 0 Å². The third kappa shape index (κ3) is 5.94. The Morgan fingerprint density at radius 2 is 1.91 bits per heavy atom. The molecule has 2 N–H and O–H groups in total. The van der Waals surface area contributed by atoms with Gasteiger partial charge in [0.2, 0.25) is 0 Å². The van der Waals surface area contributed by atoms with E-state index in [-0.39, 0.29) is 53.0 Å². The molecule has 3 rings (SSSR count). The van der Waals surface area contributed by atoms with Gasteiger partial charge in [0.05, 0.1) is 18.6 Å². The lowest BCUT2D eigenvalue weighted by molar-refractivity contribution is -0.205. The highest BCUT2D eigenvalue weighted by atomic mass is 16.5. The van der Waals surface area contributed by atoms with Crippen LogP contribution in [-0.4, -0.2) is 72.6 Å². The number of carbonyl (C=O) groups excluding carboxylic acids is 2. The fourth-order valence-electron chi connectivity index (χ4n) is 7.57. The van der Waals surface area contributed by atoms with E-state index >= 15 is 0 Å². The summed E-state index contributed by atoms with van der Waals surface area (Å²) < 4.78 is 11.3. The summed E-state index contributed by atoms with van der Waals surface area (Å²) >= 11 is 0. The number of aliphatic hydroxyl groups excluding tert-OH is 2. The van der Waals surface area contributed by atoms with Crippen LogP contribution in [-0.2, 0) is 19.1 Å². The summed E-state index contributed by atoms with van der Waals surface area (Å²) in [6.45, 7) is 11.5. The van der Waals surface area contributed by atoms with E-state index in [1.807, 2.05) is 19.0 Å². The highest BCUT2D eigenvalue weighted by Gasteiger charge is 2.61. The summed E-state index contributed by atoms with van der Waals surface area (Å²) in [7, 11) is 3.89. The Morgan fingerprint density at radius 1 is 1.23 bits per heavy atom. The van der Waals surface area contributed by atoms with Crippen LogP contribution in [0.3, 0.4) is 0 Å². The highest BCUT2D eigenvalue weighted by Crippen LogP contribution is 2.65. The summed E-state index contributed by atoms with van der Waals surface area (Å²) in [5, 5.41) is 21.0. The number of allylic oxidation sites excluding steroid dienone is 1. The molecule has 200 valence electrons. The van der Waals surface area contributed by atoms with Crippen molar-refractivity contribution in [3.8, 4) is 0 Å². The van der Waals surface area contributed by atoms with E-state index in [9.17, 15) is 19.8 Å². The third-order valence-electron chi connectivity index (χ3n) is 9.43. The first-order valence-corrected chi connectivity index (χ1v) is 13.3. The zero-order chi connectivity index (χ0) is 26.1. The maximum absolute atomic E-state index is 12.4. The van der Waals surface area contributed by atoms with Crippen LogP contribution in [0.2, 0.25) is 0 Å². The second kappa shape index (κ2) is 10.9. The molecule has 0 spiro atoms. The normalized spacial score (nSPS) is 38.4. The topological polar surface area (TPSA) is 96.3 Å². The molecule has 0 aliphatic heterocycles. The molecule has 7 heteroatoms. The number of aliphatic hydroxyl groups is 2. The predicted molar refractivity (Wildman–Crippen MR) is 134 cm³/mol. The number of fused-ring (bicyclic) bond motifs is 3. The van der Waals surface area contributed by atoms with Crippen molar-refractivity contribution in [3.63, 3.8) is 0 Å². The van der Waals surface area contributed by atoms with Crippen LogP contribution >= 0.6 is 0 Å². The second-order valence-corrected chi connectivity index (χ2v) is 12.5. The number of esters is 2. The van der Waals surface area contributed by atoms with E-state index in [4.69, 9.17) is 9.47 Å². The number of hydrogen-bond donors (Lipinski definition) is 2. The number of hydrogen-bond acceptors (Lipinski definition) is 7. The van der Waals surface area contributed by atoms with Gasteiger partial charge in [-0.2, -0.15) is 0 Å². The van der Waals surface area contributed by atoms with Crippen molar-refractivity contribution < 1.29 is 29.3 Å². The van der Waals surface area contributed by atoms with Crippen LogP contribution in [0.1, 0.15) is 73.1 Å². The molecule has 0 aromatic carbocycles. The van der Waals surface area contributed by atoms with Gasteiger partial charge in [-0.1, -0.05) is 33.3 Å². The Hall–Kier alpha value is -1.44. The minimum Gasteiger partial charge on any atom is -0.462 e. The predicted octanol–water partition coefficient (Wildman–Crippen LogP) is 3.57. The molecule has 8 atom stereocenters. The molecule has 0 bridgehead atoms. The van der Waals surface area contributed by atoms with Crippen LogP contribution in [0.25, 0.3) is 0 Å². The summed E-state index contributed by atoms with van der Waals surface area (Å²) in [5.41, 5.74) is 0.845. The Morgan fingerprint density at radius 3 is 2.54 bits per heavy atom. The molecule has 0 aromatic heterocycles. The van der Waals surface area contributed by atoms with Crippen LogP contribution in [0, 0.1) is 34.5 Å². The van der Waals surface area contributed by atoms with Crippen molar-refractivity contribution in [2.24, 2.45) is 34.5 Å². The molecule has 3 fully saturated rings. The molecule has 1 unspecified atom stereocenters. The molecule has 0 radical (unpaired) electrons. The Kier molecular flexibility index (Phi) is 8.76. The van der Waals surface area contributed by atoms with Gasteiger partial charge in [-0.25, -0.2) is 4.79 Å². The minimum atomic E-state index is -0.715. The van der Waals surface area contributed by atoms with E-state index in [0.717, 1.165) is 31.3 Å². The first-order valence-electron chi connectivity index (χ1n) is 13.3. The molecular weight excluding hydrogens is 446 g/mol. The fourth-order valence-corrected chi connectivity index (χ4v) is 7.57. The third-order valence-corrected chi connectivity index (χ3v) is 9.43. The molecule has 3 aliphatic carbocycles. The molecule has 3 aliphatic rings. The van der Waals surface area contributed by atoms with E-state index in [1.54, 1.807) is 13.0 Å². The quantitative estimate of drug-likeness (QED) is 0.413. The monoisotopic (exact) mass is 493 g/mol. The standard InChI is InChI=1S/C28H47NO6/c1-17(30)14-25(33)35-23-10-11-28(5)20-9-8-19(15-24(32)34-13-12-29(6)7)18(2)26(20)21(31)16-22(28)27(23,3)4/h15,17-18,20-23,26,30-31H,8-14,16H2,1-7H3/b19-15-/t17?,18-,20-,21-,22-,23+,26-,28+/m1/s1. The fraction of sp³-hybridized carbons (Fsp3) is 0.857. The van der Waals surface area contributed by atoms with Crippen molar-refractivity contribution in [2.45, 2.75) is 91.5 Å². The Balaban J connectivity index is 1.75. The van der Waals surface area contributed by atoms with Gasteiger partial charge in [0, 0.05) is 18.0 Å². The van der Waals surface area contributed by atoms with Gasteiger partial charge in [0.1, 0.15) is 12.7 Å². The first-order chi connectivity index (χ1) is 16.3. The molecule has 0 amide bonds. The Labute approximate surface area is 211 Å². The van der Waals surface area contributed by atoms with Gasteiger partial charge in [-0.05, 0) is 82.2 Å². The largest absolute Gasteiger partial charge is 0.462 e. The maximum atomic E-state index is 12.4. The van der Waals surface area contributed by atoms with Gasteiger partial charge in [0.25, 0.3) is 0 Å². The van der Waals surface area contributed by atoms with E-state index in [1.165, 1.54) is 0 Å². The number of nitrogens with zero attached hydrogens (tertiary/aromatic N) is 1. The van der Waals surface area contributed by atoms with Crippen LogP contribution in [0.15, 0.2) is 11.6 Å². The molecular formula is C28H47NO6. The molecule has 3 saturated carbocycles. The van der Waals surface area contributed by atoms with Crippen molar-refractivity contribution in [3.05, 3.63) is 11.6 Å². The number of likely N-dealkylation sites (N-methyl/N-ethyl adjacent to an activating group) is 1. The minimum absolute atomic E-state index is 0.00600. The lowest BCUT2D eigenvalue weighted by Crippen LogP contribution is -2.61. The SMILES string of the molecule is CC(O)CC(=O)O[C@H]1CC[C@@]2(C)[C@@H]3CC/C(=C/C(=O)OCCN(C)C)[C@@H](C)[C@H]3[C@H](O)C[C@@H]2C1(C)C. The van der Waals surface area contributed by atoms with Crippen LogP contribution in [0.4, 0.5) is 0 Å². The zero-order valence-electron chi connectivity index (χ0n) is 22.8. The van der Waals surface area contributed by atoms with Crippen molar-refractivity contribution in [2.75, 3.05) is 27.2 Å². The molecule has 0 aromatic rings.